The molecule has 0 spiro atoms. The second-order valence-electron chi connectivity index (χ2n) is 7.99. The zero-order chi connectivity index (χ0) is 19.5. The van der Waals surface area contributed by atoms with Gasteiger partial charge in [-0.15, -0.1) is 0 Å². The van der Waals surface area contributed by atoms with Crippen LogP contribution in [0, 0.1) is 11.8 Å². The van der Waals surface area contributed by atoms with Gasteiger partial charge in [-0.25, -0.2) is 0 Å². The molecule has 0 saturated heterocycles. The van der Waals surface area contributed by atoms with Gasteiger partial charge in [-0.2, -0.15) is 0 Å². The van der Waals surface area contributed by atoms with Crippen LogP contribution in [0.2, 0.25) is 5.02 Å². The molecule has 0 fully saturated rings. The lowest BCUT2D eigenvalue weighted by Gasteiger charge is -2.24. The van der Waals surface area contributed by atoms with E-state index in [2.05, 4.69) is 37.9 Å². The average Bonchev–Trinajstić information content (AvgIpc) is 2.69. The predicted molar refractivity (Wildman–Crippen MR) is 120 cm³/mol. The van der Waals surface area contributed by atoms with Crippen LogP contribution in [0.1, 0.15) is 70.8 Å². The van der Waals surface area contributed by atoms with Crippen LogP contribution in [-0.2, 0) is 6.42 Å². The molecular weight excluding hydrogens is 352 g/mol. The second-order valence-corrected chi connectivity index (χ2v) is 8.43. The fourth-order valence-electron chi connectivity index (χ4n) is 3.80. The molecule has 27 heavy (non-hydrogen) atoms. The lowest BCUT2D eigenvalue weighted by Crippen LogP contribution is -2.28. The number of allylic oxidation sites excluding steroid dienone is 1. The van der Waals surface area contributed by atoms with Crippen molar-refractivity contribution in [3.8, 4) is 0 Å². The van der Waals surface area contributed by atoms with Gasteiger partial charge in [0.15, 0.2) is 0 Å². The summed E-state index contributed by atoms with van der Waals surface area (Å²) in [5, 5.41) is 4.40. The average molecular weight is 389 g/mol. The zero-order valence-electron chi connectivity index (χ0n) is 17.3. The van der Waals surface area contributed by atoms with Gasteiger partial charge in [0.05, 0.1) is 5.71 Å². The van der Waals surface area contributed by atoms with Gasteiger partial charge >= 0.3 is 0 Å². The van der Waals surface area contributed by atoms with E-state index in [4.69, 9.17) is 16.6 Å². The molecule has 1 N–H and O–H groups in total. The summed E-state index contributed by atoms with van der Waals surface area (Å²) in [4.78, 5) is 4.85. The van der Waals surface area contributed by atoms with Crippen molar-refractivity contribution in [1.82, 2.24) is 5.32 Å². The van der Waals surface area contributed by atoms with Crippen LogP contribution in [-0.4, -0.2) is 18.8 Å². The molecule has 1 aromatic carbocycles. The van der Waals surface area contributed by atoms with E-state index in [9.17, 15) is 0 Å². The van der Waals surface area contributed by atoms with Gasteiger partial charge in [0, 0.05) is 23.8 Å². The van der Waals surface area contributed by atoms with Crippen molar-refractivity contribution in [3.63, 3.8) is 0 Å². The lowest BCUT2D eigenvalue weighted by atomic mass is 9.91. The fourth-order valence-corrected chi connectivity index (χ4v) is 4.01. The van der Waals surface area contributed by atoms with Gasteiger partial charge in [-0.05, 0) is 61.6 Å². The SMILES string of the molecule is C=C(NCC(CC)CCCCC)C1=NCC(CCc2cccc(Cl)c2)CC1. The van der Waals surface area contributed by atoms with Crippen molar-refractivity contribution in [2.75, 3.05) is 13.1 Å². The summed E-state index contributed by atoms with van der Waals surface area (Å²) < 4.78 is 0. The van der Waals surface area contributed by atoms with Crippen LogP contribution >= 0.6 is 11.6 Å². The number of hydrogen-bond acceptors (Lipinski definition) is 2. The van der Waals surface area contributed by atoms with Crippen LogP contribution < -0.4 is 5.32 Å². The molecule has 0 bridgehead atoms. The highest BCUT2D eigenvalue weighted by Crippen LogP contribution is 2.23. The number of rotatable bonds is 12. The van der Waals surface area contributed by atoms with Crippen LogP contribution in [0.25, 0.3) is 0 Å². The summed E-state index contributed by atoms with van der Waals surface area (Å²) >= 11 is 6.08. The van der Waals surface area contributed by atoms with Crippen LogP contribution in [0.4, 0.5) is 0 Å². The molecule has 1 aliphatic rings. The Hall–Kier alpha value is -1.28. The largest absolute Gasteiger partial charge is 0.384 e. The number of nitrogens with zero attached hydrogens (tertiary/aromatic N) is 1. The molecule has 0 saturated carbocycles. The quantitative estimate of drug-likeness (QED) is 0.389. The highest BCUT2D eigenvalue weighted by molar-refractivity contribution is 6.30. The van der Waals surface area contributed by atoms with Crippen LogP contribution in [0.3, 0.4) is 0 Å². The third-order valence-corrected chi connectivity index (χ3v) is 6.04. The number of unbranched alkanes of at least 4 members (excludes halogenated alkanes) is 2. The molecule has 0 amide bonds. The van der Waals surface area contributed by atoms with Crippen molar-refractivity contribution < 1.29 is 0 Å². The standard InChI is InChI=1S/C24H37ClN2/c1-4-6-7-9-20(5-2)17-26-19(3)24-15-14-22(18-27-24)13-12-21-10-8-11-23(25)16-21/h8,10-11,16,20,22,26H,3-7,9,12-15,17-18H2,1-2H3. The van der Waals surface area contributed by atoms with Gasteiger partial charge in [0.1, 0.15) is 0 Å². The number of benzene rings is 1. The topological polar surface area (TPSA) is 24.4 Å². The van der Waals surface area contributed by atoms with Gasteiger partial charge < -0.3 is 5.32 Å². The minimum Gasteiger partial charge on any atom is -0.384 e. The molecule has 2 rings (SSSR count). The molecule has 1 heterocycles. The molecule has 1 aliphatic heterocycles. The molecule has 1 aromatic rings. The van der Waals surface area contributed by atoms with E-state index >= 15 is 0 Å². The maximum Gasteiger partial charge on any atom is 0.0573 e. The zero-order valence-corrected chi connectivity index (χ0v) is 18.0. The van der Waals surface area contributed by atoms with E-state index in [1.54, 1.807) is 0 Å². The van der Waals surface area contributed by atoms with Crippen molar-refractivity contribution in [1.29, 1.82) is 0 Å². The van der Waals surface area contributed by atoms with Crippen molar-refractivity contribution >= 4 is 17.3 Å². The Morgan fingerprint density at radius 1 is 1.33 bits per heavy atom. The molecule has 3 heteroatoms. The number of aliphatic imine (C=N–C) groups is 1. The molecule has 150 valence electrons. The number of halogens is 1. The Morgan fingerprint density at radius 2 is 2.19 bits per heavy atom. The Kier molecular flexibility index (Phi) is 9.97. The van der Waals surface area contributed by atoms with Crippen molar-refractivity contribution in [3.05, 3.63) is 47.1 Å². The van der Waals surface area contributed by atoms with E-state index in [0.29, 0.717) is 5.92 Å². The monoisotopic (exact) mass is 388 g/mol. The van der Waals surface area contributed by atoms with E-state index < -0.39 is 0 Å². The number of aryl methyl sites for hydroxylation is 1. The molecule has 2 atom stereocenters. The lowest BCUT2D eigenvalue weighted by molar-refractivity contribution is 0.430. The first-order valence-electron chi connectivity index (χ1n) is 10.8. The van der Waals surface area contributed by atoms with Gasteiger partial charge in [-0.3, -0.25) is 4.99 Å². The van der Waals surface area contributed by atoms with E-state index in [-0.39, 0.29) is 0 Å². The predicted octanol–water partition coefficient (Wildman–Crippen LogP) is 6.83. The molecule has 2 unspecified atom stereocenters. The maximum absolute atomic E-state index is 6.08. The summed E-state index contributed by atoms with van der Waals surface area (Å²) in [6, 6.07) is 8.22. The number of hydrogen-bond donors (Lipinski definition) is 1. The summed E-state index contributed by atoms with van der Waals surface area (Å²) in [6.07, 6.45) is 11.1. The molecule has 0 radical (unpaired) electrons. The minimum atomic E-state index is 0.679. The molecule has 0 aromatic heterocycles. The van der Waals surface area contributed by atoms with Crippen LogP contribution in [0.5, 0.6) is 0 Å². The Balaban J connectivity index is 1.71. The second kappa shape index (κ2) is 12.2. The van der Waals surface area contributed by atoms with E-state index in [1.807, 2.05) is 12.1 Å². The van der Waals surface area contributed by atoms with E-state index in [0.717, 1.165) is 42.6 Å². The van der Waals surface area contributed by atoms with Crippen molar-refractivity contribution in [2.45, 2.75) is 71.6 Å². The fraction of sp³-hybridized carbons (Fsp3) is 0.625. The maximum atomic E-state index is 6.08. The van der Waals surface area contributed by atoms with Gasteiger partial charge in [0.2, 0.25) is 0 Å². The molecule has 2 nitrogen and oxygen atoms in total. The third-order valence-electron chi connectivity index (χ3n) is 5.81. The smallest absolute Gasteiger partial charge is 0.0573 e. The normalized spacial score (nSPS) is 18.0. The molecular formula is C24H37ClN2. The minimum absolute atomic E-state index is 0.679. The highest BCUT2D eigenvalue weighted by atomic mass is 35.5. The summed E-state index contributed by atoms with van der Waals surface area (Å²) in [5.74, 6) is 1.43. The van der Waals surface area contributed by atoms with E-state index in [1.165, 1.54) is 56.2 Å². The first-order chi connectivity index (χ1) is 13.1. The molecule has 0 aliphatic carbocycles. The first-order valence-corrected chi connectivity index (χ1v) is 11.2. The van der Waals surface area contributed by atoms with Crippen LogP contribution in [0.15, 0.2) is 41.5 Å². The Bertz CT molecular complexity index is 608. The highest BCUT2D eigenvalue weighted by Gasteiger charge is 2.18. The first kappa shape index (κ1) is 22.0. The summed E-state index contributed by atoms with van der Waals surface area (Å²) in [6.45, 7) is 10.8. The van der Waals surface area contributed by atoms with Gasteiger partial charge in [0.25, 0.3) is 0 Å². The Morgan fingerprint density at radius 3 is 2.85 bits per heavy atom. The summed E-state index contributed by atoms with van der Waals surface area (Å²) in [5.41, 5.74) is 3.58. The van der Waals surface area contributed by atoms with Crippen molar-refractivity contribution in [2.24, 2.45) is 16.8 Å². The Labute approximate surface area is 171 Å². The number of nitrogens with one attached hydrogen (secondary N) is 1. The summed E-state index contributed by atoms with van der Waals surface area (Å²) in [7, 11) is 0. The third kappa shape index (κ3) is 8.09. The van der Waals surface area contributed by atoms with Gasteiger partial charge in [-0.1, -0.05) is 69.8 Å².